The van der Waals surface area contributed by atoms with E-state index in [4.69, 9.17) is 4.42 Å². The maximum Gasteiger partial charge on any atom is 0.337 e. The lowest BCUT2D eigenvalue weighted by Gasteiger charge is -2.19. The van der Waals surface area contributed by atoms with Crippen molar-refractivity contribution < 1.29 is 22.7 Å². The molecule has 0 aliphatic heterocycles. The minimum atomic E-state index is -3.32. The van der Waals surface area contributed by atoms with Crippen LogP contribution < -0.4 is 10.7 Å². The van der Waals surface area contributed by atoms with Crippen LogP contribution in [-0.2, 0) is 9.84 Å². The Kier molecular flexibility index (Phi) is 6.57. The molecule has 3 aromatic carbocycles. The number of fused-ring (bicyclic) bond motifs is 1. The van der Waals surface area contributed by atoms with Crippen molar-refractivity contribution in [1.29, 1.82) is 0 Å². The Morgan fingerprint density at radius 1 is 1.08 bits per heavy atom. The van der Waals surface area contributed by atoms with E-state index in [0.717, 1.165) is 11.8 Å². The SMILES string of the molecule is Cc1cc([C@@H](C)Nc2ccccc2C(=O)O)c2oc(-c3cnn(-c4ccc(S(C)(=O)=O)cc4)c3)cc(=O)c2c1. The van der Waals surface area contributed by atoms with Crippen LogP contribution in [-0.4, -0.2) is 35.5 Å². The van der Waals surface area contributed by atoms with Crippen LogP contribution in [0.2, 0.25) is 0 Å². The molecule has 39 heavy (non-hydrogen) atoms. The minimum Gasteiger partial charge on any atom is -0.478 e. The Morgan fingerprint density at radius 2 is 1.79 bits per heavy atom. The number of para-hydroxylation sites is 1. The number of aromatic carboxylic acids is 1. The zero-order valence-corrected chi connectivity index (χ0v) is 22.2. The molecule has 0 saturated heterocycles. The van der Waals surface area contributed by atoms with Crippen LogP contribution in [0.5, 0.6) is 0 Å². The molecule has 0 fully saturated rings. The van der Waals surface area contributed by atoms with Crippen molar-refractivity contribution >= 4 is 32.5 Å². The van der Waals surface area contributed by atoms with Gasteiger partial charge in [-0.3, -0.25) is 4.79 Å². The highest BCUT2D eigenvalue weighted by atomic mass is 32.2. The van der Waals surface area contributed by atoms with E-state index in [1.54, 1.807) is 53.5 Å². The molecule has 0 spiro atoms. The number of aryl methyl sites for hydroxylation is 1. The molecule has 2 heterocycles. The molecular weight excluding hydrogens is 518 g/mol. The van der Waals surface area contributed by atoms with Gasteiger partial charge in [-0.25, -0.2) is 17.9 Å². The fraction of sp³-hybridized carbons (Fsp3) is 0.138. The van der Waals surface area contributed by atoms with E-state index >= 15 is 0 Å². The molecule has 5 aromatic rings. The zero-order valence-electron chi connectivity index (χ0n) is 21.4. The van der Waals surface area contributed by atoms with Crippen molar-refractivity contribution in [2.45, 2.75) is 24.8 Å². The first-order valence-electron chi connectivity index (χ1n) is 12.0. The third kappa shape index (κ3) is 5.19. The first-order valence-corrected chi connectivity index (χ1v) is 13.9. The monoisotopic (exact) mass is 543 g/mol. The number of hydrogen-bond acceptors (Lipinski definition) is 7. The van der Waals surface area contributed by atoms with Crippen molar-refractivity contribution in [3.8, 4) is 17.0 Å². The van der Waals surface area contributed by atoms with E-state index in [-0.39, 0.29) is 21.9 Å². The van der Waals surface area contributed by atoms with Crippen LogP contribution in [0.25, 0.3) is 28.0 Å². The van der Waals surface area contributed by atoms with Gasteiger partial charge in [-0.2, -0.15) is 5.10 Å². The van der Waals surface area contributed by atoms with Crippen LogP contribution in [0.4, 0.5) is 5.69 Å². The van der Waals surface area contributed by atoms with Crippen LogP contribution in [0.1, 0.15) is 34.5 Å². The van der Waals surface area contributed by atoms with Gasteiger partial charge in [0.1, 0.15) is 11.3 Å². The van der Waals surface area contributed by atoms with E-state index in [9.17, 15) is 23.1 Å². The summed E-state index contributed by atoms with van der Waals surface area (Å²) in [4.78, 5) is 25.1. The molecule has 1 atom stereocenters. The van der Waals surface area contributed by atoms with Crippen molar-refractivity contribution in [2.24, 2.45) is 0 Å². The summed E-state index contributed by atoms with van der Waals surface area (Å²) in [5, 5.41) is 17.6. The number of nitrogens with one attached hydrogen (secondary N) is 1. The molecular formula is C29H25N3O6S. The topological polar surface area (TPSA) is 131 Å². The minimum absolute atomic E-state index is 0.139. The Balaban J connectivity index is 1.55. The summed E-state index contributed by atoms with van der Waals surface area (Å²) in [7, 11) is -3.32. The van der Waals surface area contributed by atoms with Gasteiger partial charge in [-0.1, -0.05) is 18.2 Å². The molecule has 10 heteroatoms. The van der Waals surface area contributed by atoms with Gasteiger partial charge in [0.25, 0.3) is 0 Å². The van der Waals surface area contributed by atoms with Crippen molar-refractivity contribution in [2.75, 3.05) is 11.6 Å². The second-order valence-corrected chi connectivity index (χ2v) is 11.4. The van der Waals surface area contributed by atoms with Crippen LogP contribution in [0, 0.1) is 6.92 Å². The standard InChI is InChI=1S/C29H25N3O6S/c1-17-12-23(18(2)31-25-7-5-4-6-22(25)29(34)35)28-24(13-17)26(33)14-27(38-28)19-15-30-32(16-19)20-8-10-21(11-9-20)39(3,36)37/h4-16,18,31H,1-3H3,(H,34,35)/t18-/m1/s1. The molecule has 5 rings (SSSR count). The highest BCUT2D eigenvalue weighted by Crippen LogP contribution is 2.31. The predicted molar refractivity (Wildman–Crippen MR) is 148 cm³/mol. The molecule has 198 valence electrons. The molecule has 2 N–H and O–H groups in total. The van der Waals surface area contributed by atoms with Gasteiger partial charge in [0.2, 0.25) is 0 Å². The summed E-state index contributed by atoms with van der Waals surface area (Å²) in [5.41, 5.74) is 3.53. The molecule has 9 nitrogen and oxygen atoms in total. The molecule has 0 aliphatic rings. The van der Waals surface area contributed by atoms with Gasteiger partial charge in [-0.15, -0.1) is 0 Å². The molecule has 0 bridgehead atoms. The smallest absolute Gasteiger partial charge is 0.337 e. The highest BCUT2D eigenvalue weighted by Gasteiger charge is 2.19. The first-order chi connectivity index (χ1) is 18.5. The van der Waals surface area contributed by atoms with E-state index in [1.165, 1.54) is 24.3 Å². The van der Waals surface area contributed by atoms with Gasteiger partial charge in [0.05, 0.1) is 39.3 Å². The van der Waals surface area contributed by atoms with E-state index in [2.05, 4.69) is 10.4 Å². The van der Waals surface area contributed by atoms with Crippen molar-refractivity contribution in [3.05, 3.63) is 106 Å². The summed E-state index contributed by atoms with van der Waals surface area (Å²) in [6.45, 7) is 3.75. The maximum absolute atomic E-state index is 13.2. The zero-order chi connectivity index (χ0) is 27.9. The number of nitrogens with zero attached hydrogens (tertiary/aromatic N) is 2. The normalized spacial score (nSPS) is 12.4. The summed E-state index contributed by atoms with van der Waals surface area (Å²) < 4.78 is 31.4. The third-order valence-electron chi connectivity index (χ3n) is 6.39. The van der Waals surface area contributed by atoms with E-state index < -0.39 is 15.8 Å². The lowest BCUT2D eigenvalue weighted by atomic mass is 10.0. The lowest BCUT2D eigenvalue weighted by Crippen LogP contribution is -2.12. The van der Waals surface area contributed by atoms with E-state index in [0.29, 0.717) is 39.2 Å². The fourth-order valence-electron chi connectivity index (χ4n) is 4.44. The summed E-state index contributed by atoms with van der Waals surface area (Å²) in [6, 6.07) is 17.6. The number of sulfone groups is 1. The highest BCUT2D eigenvalue weighted by molar-refractivity contribution is 7.90. The van der Waals surface area contributed by atoms with Gasteiger partial charge in [0.15, 0.2) is 15.3 Å². The average Bonchev–Trinajstić information content (AvgIpc) is 3.39. The number of benzene rings is 3. The number of carboxylic acids is 1. The molecule has 0 saturated carbocycles. The molecule has 0 radical (unpaired) electrons. The number of anilines is 1. The second kappa shape index (κ2) is 9.88. The lowest BCUT2D eigenvalue weighted by molar-refractivity contribution is 0.0698. The number of carbonyl (C=O) groups is 1. The third-order valence-corrected chi connectivity index (χ3v) is 7.52. The summed E-state index contributed by atoms with van der Waals surface area (Å²) in [6.07, 6.45) is 4.40. The second-order valence-electron chi connectivity index (χ2n) is 9.36. The Labute approximate surface area is 224 Å². The summed E-state index contributed by atoms with van der Waals surface area (Å²) >= 11 is 0. The van der Waals surface area contributed by atoms with Crippen LogP contribution in [0.15, 0.2) is 93.2 Å². The molecule has 2 aromatic heterocycles. The van der Waals surface area contributed by atoms with Gasteiger partial charge in [0, 0.05) is 29.8 Å². The number of hydrogen-bond donors (Lipinski definition) is 2. The van der Waals surface area contributed by atoms with Crippen LogP contribution in [0.3, 0.4) is 0 Å². The van der Waals surface area contributed by atoms with Crippen molar-refractivity contribution in [1.82, 2.24) is 9.78 Å². The number of aromatic nitrogens is 2. The largest absolute Gasteiger partial charge is 0.478 e. The predicted octanol–water partition coefficient (Wildman–Crippen LogP) is 5.23. The van der Waals surface area contributed by atoms with Gasteiger partial charge >= 0.3 is 5.97 Å². The number of rotatable bonds is 7. The maximum atomic E-state index is 13.2. The first kappa shape index (κ1) is 25.9. The number of carboxylic acid groups (broad SMARTS) is 1. The van der Waals surface area contributed by atoms with Crippen LogP contribution >= 0.6 is 0 Å². The Hall–Kier alpha value is -4.70. The molecule has 0 aliphatic carbocycles. The quantitative estimate of drug-likeness (QED) is 0.285. The van der Waals surface area contributed by atoms with Gasteiger partial charge < -0.3 is 14.8 Å². The van der Waals surface area contributed by atoms with E-state index in [1.807, 2.05) is 19.9 Å². The van der Waals surface area contributed by atoms with Gasteiger partial charge in [-0.05, 0) is 61.9 Å². The Morgan fingerprint density at radius 3 is 2.49 bits per heavy atom. The van der Waals surface area contributed by atoms with Crippen molar-refractivity contribution in [3.63, 3.8) is 0 Å². The Bertz CT molecular complexity index is 1890. The summed E-state index contributed by atoms with van der Waals surface area (Å²) in [5.74, 6) is -0.731. The fourth-order valence-corrected chi connectivity index (χ4v) is 5.07. The molecule has 0 unspecified atom stereocenters. The average molecular weight is 544 g/mol. The molecule has 0 amide bonds.